The van der Waals surface area contributed by atoms with Gasteiger partial charge in [0.05, 0.1) is 11.2 Å². The third-order valence-electron chi connectivity index (χ3n) is 4.98. The Labute approximate surface area is 151 Å². The molecule has 0 unspecified atom stereocenters. The number of amides is 3. The summed E-state index contributed by atoms with van der Waals surface area (Å²) >= 11 is 0. The van der Waals surface area contributed by atoms with Gasteiger partial charge >= 0.3 is 0 Å². The van der Waals surface area contributed by atoms with Crippen molar-refractivity contribution in [2.24, 2.45) is 0 Å². The maximum absolute atomic E-state index is 12.4. The number of imide groups is 1. The highest BCUT2D eigenvalue weighted by molar-refractivity contribution is 6.04. The molecule has 2 aliphatic heterocycles. The number of likely N-dealkylation sites (tertiary alicyclic amines) is 1. The van der Waals surface area contributed by atoms with Crippen molar-refractivity contribution in [2.45, 2.75) is 19.4 Å². The first kappa shape index (κ1) is 16.7. The number of hydrogen-bond donors (Lipinski definition) is 0. The van der Waals surface area contributed by atoms with Crippen LogP contribution in [0.15, 0.2) is 30.5 Å². The predicted octanol–water partition coefficient (Wildman–Crippen LogP) is 0.127. The Hall–Kier alpha value is -2.74. The number of pyridine rings is 1. The zero-order chi connectivity index (χ0) is 18.1. The summed E-state index contributed by atoms with van der Waals surface area (Å²) in [7, 11) is 0. The molecule has 2 fully saturated rings. The minimum atomic E-state index is -0.242. The van der Waals surface area contributed by atoms with Gasteiger partial charge in [-0.3, -0.25) is 24.2 Å². The molecule has 2 aromatic heterocycles. The molecule has 4 heterocycles. The lowest BCUT2D eigenvalue weighted by molar-refractivity contribution is -0.146. The lowest BCUT2D eigenvalue weighted by Gasteiger charge is -2.34. The molecular weight excluding hydrogens is 334 g/mol. The van der Waals surface area contributed by atoms with E-state index in [0.29, 0.717) is 13.1 Å². The Kier molecular flexibility index (Phi) is 4.42. The fraction of sp³-hybridized carbons (Fsp3) is 0.444. The average Bonchev–Trinajstić information content (AvgIpc) is 3.19. The number of hydrogen-bond acceptors (Lipinski definition) is 5. The summed E-state index contributed by atoms with van der Waals surface area (Å²) in [6.07, 6.45) is 2.37. The highest BCUT2D eigenvalue weighted by Gasteiger charge is 2.32. The van der Waals surface area contributed by atoms with Gasteiger partial charge in [-0.25, -0.2) is 4.52 Å². The third kappa shape index (κ3) is 3.32. The molecule has 0 radical (unpaired) electrons. The third-order valence-corrected chi connectivity index (χ3v) is 4.98. The lowest BCUT2D eigenvalue weighted by atomic mass is 10.2. The summed E-state index contributed by atoms with van der Waals surface area (Å²) in [5.74, 6) is -0.636. The number of piperazine rings is 1. The van der Waals surface area contributed by atoms with Gasteiger partial charge in [0.2, 0.25) is 17.7 Å². The van der Waals surface area contributed by atoms with Gasteiger partial charge in [0, 0.05) is 51.8 Å². The number of aromatic nitrogens is 2. The van der Waals surface area contributed by atoms with Crippen molar-refractivity contribution in [3.8, 4) is 0 Å². The van der Waals surface area contributed by atoms with Crippen molar-refractivity contribution in [1.29, 1.82) is 0 Å². The molecule has 8 nitrogen and oxygen atoms in total. The van der Waals surface area contributed by atoms with Crippen LogP contribution in [0.1, 0.15) is 18.5 Å². The van der Waals surface area contributed by atoms with Gasteiger partial charge in [-0.2, -0.15) is 5.10 Å². The first-order valence-corrected chi connectivity index (χ1v) is 8.87. The number of carbonyl (C=O) groups excluding carboxylic acids is 3. The van der Waals surface area contributed by atoms with Crippen LogP contribution in [0, 0.1) is 0 Å². The first-order chi connectivity index (χ1) is 12.6. The van der Waals surface area contributed by atoms with E-state index in [4.69, 9.17) is 0 Å². The molecule has 136 valence electrons. The van der Waals surface area contributed by atoms with Crippen LogP contribution in [-0.2, 0) is 20.9 Å². The molecule has 0 bridgehead atoms. The number of carbonyl (C=O) groups is 3. The van der Waals surface area contributed by atoms with Crippen molar-refractivity contribution in [2.75, 3.05) is 32.7 Å². The molecule has 26 heavy (non-hydrogen) atoms. The topological polar surface area (TPSA) is 78.2 Å². The van der Waals surface area contributed by atoms with Crippen LogP contribution in [0.4, 0.5) is 0 Å². The van der Waals surface area contributed by atoms with Crippen molar-refractivity contribution < 1.29 is 14.4 Å². The second kappa shape index (κ2) is 6.87. The Morgan fingerprint density at radius 3 is 2.46 bits per heavy atom. The molecule has 0 saturated carbocycles. The summed E-state index contributed by atoms with van der Waals surface area (Å²) in [6.45, 7) is 3.32. The molecule has 0 spiro atoms. The van der Waals surface area contributed by atoms with Gasteiger partial charge in [0.15, 0.2) is 0 Å². The SMILES string of the molecule is O=C(CN1C(=O)CCC1=O)N1CCN(Cc2cc3ccccn3n2)CC1. The lowest BCUT2D eigenvalue weighted by Crippen LogP contribution is -2.51. The van der Waals surface area contributed by atoms with Crippen LogP contribution in [0.5, 0.6) is 0 Å². The van der Waals surface area contributed by atoms with E-state index >= 15 is 0 Å². The second-order valence-corrected chi connectivity index (χ2v) is 6.74. The molecule has 2 saturated heterocycles. The summed E-state index contributed by atoms with van der Waals surface area (Å²) in [6, 6.07) is 8.03. The number of rotatable bonds is 4. The van der Waals surface area contributed by atoms with E-state index in [2.05, 4.69) is 16.1 Å². The van der Waals surface area contributed by atoms with Crippen molar-refractivity contribution >= 4 is 23.2 Å². The highest BCUT2D eigenvalue weighted by Crippen LogP contribution is 2.14. The Balaban J connectivity index is 1.30. The van der Waals surface area contributed by atoms with Crippen molar-refractivity contribution in [3.63, 3.8) is 0 Å². The fourth-order valence-corrected chi connectivity index (χ4v) is 3.49. The predicted molar refractivity (Wildman–Crippen MR) is 93.0 cm³/mol. The quantitative estimate of drug-likeness (QED) is 0.729. The molecule has 4 rings (SSSR count). The zero-order valence-electron chi connectivity index (χ0n) is 14.5. The smallest absolute Gasteiger partial charge is 0.242 e. The van der Waals surface area contributed by atoms with E-state index in [1.807, 2.05) is 28.9 Å². The highest BCUT2D eigenvalue weighted by atomic mass is 16.2. The molecule has 0 N–H and O–H groups in total. The van der Waals surface area contributed by atoms with Crippen LogP contribution in [-0.4, -0.2) is 74.8 Å². The largest absolute Gasteiger partial charge is 0.339 e. The van der Waals surface area contributed by atoms with Crippen molar-refractivity contribution in [3.05, 3.63) is 36.2 Å². The van der Waals surface area contributed by atoms with Crippen LogP contribution in [0.25, 0.3) is 5.52 Å². The second-order valence-electron chi connectivity index (χ2n) is 6.74. The molecule has 8 heteroatoms. The molecular formula is C18H21N5O3. The summed E-state index contributed by atoms with van der Waals surface area (Å²) < 4.78 is 1.86. The normalized spacial score (nSPS) is 18.9. The van der Waals surface area contributed by atoms with Crippen LogP contribution in [0.3, 0.4) is 0 Å². The summed E-state index contributed by atoms with van der Waals surface area (Å²) in [5.41, 5.74) is 2.07. The first-order valence-electron chi connectivity index (χ1n) is 8.87. The Bertz CT molecular complexity index is 804. The molecule has 0 aromatic carbocycles. The zero-order valence-corrected chi connectivity index (χ0v) is 14.5. The van der Waals surface area contributed by atoms with E-state index in [-0.39, 0.29) is 37.1 Å². The van der Waals surface area contributed by atoms with Gasteiger partial charge in [0.1, 0.15) is 6.54 Å². The van der Waals surface area contributed by atoms with E-state index < -0.39 is 0 Å². The number of nitrogens with zero attached hydrogens (tertiary/aromatic N) is 5. The van der Waals surface area contributed by atoms with E-state index in [9.17, 15) is 14.4 Å². The fourth-order valence-electron chi connectivity index (χ4n) is 3.49. The van der Waals surface area contributed by atoms with Gasteiger partial charge < -0.3 is 4.90 Å². The van der Waals surface area contributed by atoms with Crippen LogP contribution < -0.4 is 0 Å². The Morgan fingerprint density at radius 2 is 1.77 bits per heavy atom. The van der Waals surface area contributed by atoms with Crippen molar-refractivity contribution in [1.82, 2.24) is 24.3 Å². The van der Waals surface area contributed by atoms with E-state index in [1.165, 1.54) is 0 Å². The minimum Gasteiger partial charge on any atom is -0.339 e. The standard InChI is InChI=1S/C18H21N5O3/c24-16-4-5-17(25)22(16)13-18(26)21-9-7-20(8-10-21)12-14-11-15-3-1-2-6-23(15)19-14/h1-3,6,11H,4-5,7-10,12-13H2. The maximum Gasteiger partial charge on any atom is 0.242 e. The number of fused-ring (bicyclic) bond motifs is 1. The monoisotopic (exact) mass is 355 g/mol. The maximum atomic E-state index is 12.4. The van der Waals surface area contributed by atoms with Crippen LogP contribution in [0.2, 0.25) is 0 Å². The minimum absolute atomic E-state index is 0.121. The van der Waals surface area contributed by atoms with Gasteiger partial charge in [-0.15, -0.1) is 0 Å². The van der Waals surface area contributed by atoms with Crippen LogP contribution >= 0.6 is 0 Å². The van der Waals surface area contributed by atoms with E-state index in [1.54, 1.807) is 4.90 Å². The molecule has 2 aliphatic rings. The average molecular weight is 355 g/mol. The summed E-state index contributed by atoms with van der Waals surface area (Å²) in [5, 5.41) is 4.56. The van der Waals surface area contributed by atoms with Gasteiger partial charge in [0.25, 0.3) is 0 Å². The Morgan fingerprint density at radius 1 is 1.04 bits per heavy atom. The van der Waals surface area contributed by atoms with E-state index in [0.717, 1.165) is 35.7 Å². The van der Waals surface area contributed by atoms with Gasteiger partial charge in [-0.05, 0) is 18.2 Å². The molecule has 0 atom stereocenters. The molecule has 2 aromatic rings. The van der Waals surface area contributed by atoms with Gasteiger partial charge in [-0.1, -0.05) is 6.07 Å². The summed E-state index contributed by atoms with van der Waals surface area (Å²) in [4.78, 5) is 40.8. The molecule has 3 amide bonds. The molecule has 0 aliphatic carbocycles.